The van der Waals surface area contributed by atoms with Crippen molar-refractivity contribution < 1.29 is 0 Å². The van der Waals surface area contributed by atoms with E-state index in [9.17, 15) is 0 Å². The van der Waals surface area contributed by atoms with Gasteiger partial charge in [0.25, 0.3) is 0 Å². The molecular formula is C21H14S. The molecule has 0 nitrogen and oxygen atoms in total. The number of hydrogen-bond acceptors (Lipinski definition) is 1. The van der Waals surface area contributed by atoms with Gasteiger partial charge in [0, 0.05) is 10.1 Å². The van der Waals surface area contributed by atoms with Crippen LogP contribution in [0, 0.1) is 6.92 Å². The highest BCUT2D eigenvalue weighted by molar-refractivity contribution is 7.17. The summed E-state index contributed by atoms with van der Waals surface area (Å²) in [5.74, 6) is 0. The fraction of sp³-hybridized carbons (Fsp3) is 0.0476. The normalized spacial score (nSPS) is 11.9. The third-order valence-electron chi connectivity index (χ3n) is 4.64. The third-order valence-corrected chi connectivity index (χ3v) is 5.50. The van der Waals surface area contributed by atoms with Crippen molar-refractivity contribution in [2.75, 3.05) is 0 Å². The number of thiophene rings is 1. The minimum atomic E-state index is 1.31. The Morgan fingerprint density at radius 1 is 0.636 bits per heavy atom. The topological polar surface area (TPSA) is 0 Å². The van der Waals surface area contributed by atoms with Gasteiger partial charge in [0.2, 0.25) is 0 Å². The lowest BCUT2D eigenvalue weighted by Crippen LogP contribution is -1.83. The molecule has 0 aliphatic rings. The Hall–Kier alpha value is -2.38. The van der Waals surface area contributed by atoms with Crippen molar-refractivity contribution in [3.8, 4) is 0 Å². The fourth-order valence-electron chi connectivity index (χ4n) is 3.53. The summed E-state index contributed by atoms with van der Waals surface area (Å²) in [5.41, 5.74) is 1.36. The van der Waals surface area contributed by atoms with Crippen LogP contribution in [-0.4, -0.2) is 0 Å². The van der Waals surface area contributed by atoms with Gasteiger partial charge in [-0.3, -0.25) is 0 Å². The molecule has 0 fully saturated rings. The standard InChI is InChI=1S/C21H14S/c1-13-10-21-17(8-9-22-21)20-12-19-15(11-18(13)20)7-6-14-4-2-3-5-16(14)19/h2-12H,1H3. The molecule has 4 aromatic carbocycles. The van der Waals surface area contributed by atoms with Crippen LogP contribution in [0.3, 0.4) is 0 Å². The number of aryl methyl sites for hydroxylation is 1. The summed E-state index contributed by atoms with van der Waals surface area (Å²) in [6.45, 7) is 2.22. The van der Waals surface area contributed by atoms with Crippen LogP contribution in [0.2, 0.25) is 0 Å². The fourth-order valence-corrected chi connectivity index (χ4v) is 4.43. The molecule has 0 saturated heterocycles. The predicted molar refractivity (Wildman–Crippen MR) is 99.1 cm³/mol. The molecule has 1 heteroatoms. The van der Waals surface area contributed by atoms with Crippen LogP contribution in [-0.2, 0) is 0 Å². The zero-order valence-corrected chi connectivity index (χ0v) is 13.1. The van der Waals surface area contributed by atoms with Crippen LogP contribution >= 0.6 is 11.3 Å². The zero-order chi connectivity index (χ0) is 14.7. The van der Waals surface area contributed by atoms with E-state index in [0.717, 1.165) is 0 Å². The van der Waals surface area contributed by atoms with Crippen LogP contribution < -0.4 is 0 Å². The second-order valence-electron chi connectivity index (χ2n) is 5.93. The molecule has 0 aliphatic carbocycles. The first-order valence-electron chi connectivity index (χ1n) is 7.53. The average molecular weight is 298 g/mol. The van der Waals surface area contributed by atoms with Crippen LogP contribution in [0.25, 0.3) is 42.4 Å². The maximum absolute atomic E-state index is 2.38. The van der Waals surface area contributed by atoms with E-state index in [1.807, 2.05) is 11.3 Å². The first-order chi connectivity index (χ1) is 10.8. The minimum Gasteiger partial charge on any atom is -0.144 e. The Balaban J connectivity index is 2.08. The molecule has 5 aromatic rings. The molecule has 1 aromatic heterocycles. The Morgan fingerprint density at radius 3 is 2.45 bits per heavy atom. The van der Waals surface area contributed by atoms with E-state index in [0.29, 0.717) is 0 Å². The molecular weight excluding hydrogens is 284 g/mol. The highest BCUT2D eigenvalue weighted by Crippen LogP contribution is 2.36. The lowest BCUT2D eigenvalue weighted by Gasteiger charge is -2.09. The maximum atomic E-state index is 2.38. The molecule has 0 unspecified atom stereocenters. The molecule has 0 spiro atoms. The largest absolute Gasteiger partial charge is 0.144 e. The minimum absolute atomic E-state index is 1.31. The number of benzene rings is 4. The third kappa shape index (κ3) is 1.57. The summed E-state index contributed by atoms with van der Waals surface area (Å²) < 4.78 is 1.38. The summed E-state index contributed by atoms with van der Waals surface area (Å²) in [6, 6.07) is 22.4. The quantitative estimate of drug-likeness (QED) is 0.221. The monoisotopic (exact) mass is 298 g/mol. The molecule has 22 heavy (non-hydrogen) atoms. The molecule has 0 aliphatic heterocycles. The molecule has 104 valence electrons. The second kappa shape index (κ2) is 4.31. The van der Waals surface area contributed by atoms with Gasteiger partial charge in [-0.15, -0.1) is 11.3 Å². The van der Waals surface area contributed by atoms with Gasteiger partial charge in [0.15, 0.2) is 0 Å². The number of hydrogen-bond donors (Lipinski definition) is 0. The van der Waals surface area contributed by atoms with Crippen molar-refractivity contribution in [1.29, 1.82) is 0 Å². The van der Waals surface area contributed by atoms with Crippen molar-refractivity contribution in [3.05, 3.63) is 71.6 Å². The molecule has 0 bridgehead atoms. The average Bonchev–Trinajstić information content (AvgIpc) is 3.02. The molecule has 0 N–H and O–H groups in total. The lowest BCUT2D eigenvalue weighted by molar-refractivity contribution is 1.57. The van der Waals surface area contributed by atoms with Crippen LogP contribution in [0.4, 0.5) is 0 Å². The Bertz CT molecular complexity index is 1180. The van der Waals surface area contributed by atoms with Crippen LogP contribution in [0.15, 0.2) is 66.0 Å². The van der Waals surface area contributed by atoms with Gasteiger partial charge < -0.3 is 0 Å². The molecule has 0 radical (unpaired) electrons. The molecule has 5 rings (SSSR count). The predicted octanol–water partition coefficient (Wildman–Crippen LogP) is 6.67. The Labute approximate surface area is 132 Å². The Kier molecular flexibility index (Phi) is 2.39. The van der Waals surface area contributed by atoms with Crippen molar-refractivity contribution >= 4 is 53.7 Å². The second-order valence-corrected chi connectivity index (χ2v) is 6.88. The number of fused-ring (bicyclic) bond motifs is 6. The van der Waals surface area contributed by atoms with Crippen LogP contribution in [0.5, 0.6) is 0 Å². The highest BCUT2D eigenvalue weighted by atomic mass is 32.1. The van der Waals surface area contributed by atoms with Crippen molar-refractivity contribution in [2.24, 2.45) is 0 Å². The van der Waals surface area contributed by atoms with Gasteiger partial charge in [-0.2, -0.15) is 0 Å². The van der Waals surface area contributed by atoms with E-state index >= 15 is 0 Å². The molecule has 1 heterocycles. The summed E-state index contributed by atoms with van der Waals surface area (Å²) in [6.07, 6.45) is 0. The first-order valence-corrected chi connectivity index (χ1v) is 8.41. The van der Waals surface area contributed by atoms with Gasteiger partial charge in [0.05, 0.1) is 0 Å². The summed E-state index contributed by atoms with van der Waals surface area (Å²) in [4.78, 5) is 0. The van der Waals surface area contributed by atoms with Gasteiger partial charge in [-0.25, -0.2) is 0 Å². The molecule has 0 saturated carbocycles. The zero-order valence-electron chi connectivity index (χ0n) is 12.3. The highest BCUT2D eigenvalue weighted by Gasteiger charge is 2.08. The first kappa shape index (κ1) is 12.2. The van der Waals surface area contributed by atoms with Gasteiger partial charge in [-0.1, -0.05) is 36.4 Å². The van der Waals surface area contributed by atoms with E-state index in [1.165, 1.54) is 48.0 Å². The van der Waals surface area contributed by atoms with E-state index in [2.05, 4.69) is 73.0 Å². The van der Waals surface area contributed by atoms with Crippen molar-refractivity contribution in [2.45, 2.75) is 6.92 Å². The van der Waals surface area contributed by atoms with E-state index in [4.69, 9.17) is 0 Å². The van der Waals surface area contributed by atoms with Crippen LogP contribution in [0.1, 0.15) is 5.56 Å². The summed E-state index contributed by atoms with van der Waals surface area (Å²) >= 11 is 1.83. The van der Waals surface area contributed by atoms with Crippen molar-refractivity contribution in [3.63, 3.8) is 0 Å². The Morgan fingerprint density at radius 2 is 1.50 bits per heavy atom. The van der Waals surface area contributed by atoms with Gasteiger partial charge >= 0.3 is 0 Å². The molecule has 0 amide bonds. The van der Waals surface area contributed by atoms with Crippen molar-refractivity contribution in [1.82, 2.24) is 0 Å². The van der Waals surface area contributed by atoms with Gasteiger partial charge in [-0.05, 0) is 74.5 Å². The SMILES string of the molecule is Cc1cc2sccc2c2cc3c(ccc4ccccc43)cc12. The summed E-state index contributed by atoms with van der Waals surface area (Å²) in [5, 5.41) is 11.6. The maximum Gasteiger partial charge on any atom is 0.0351 e. The van der Waals surface area contributed by atoms with E-state index in [-0.39, 0.29) is 0 Å². The van der Waals surface area contributed by atoms with E-state index in [1.54, 1.807) is 0 Å². The summed E-state index contributed by atoms with van der Waals surface area (Å²) in [7, 11) is 0. The smallest absolute Gasteiger partial charge is 0.0351 e. The number of rotatable bonds is 0. The molecule has 0 atom stereocenters. The van der Waals surface area contributed by atoms with E-state index < -0.39 is 0 Å². The lowest BCUT2D eigenvalue weighted by atomic mass is 9.95. The van der Waals surface area contributed by atoms with Gasteiger partial charge in [0.1, 0.15) is 0 Å².